The zero-order chi connectivity index (χ0) is 10.5. The van der Waals surface area contributed by atoms with Gasteiger partial charge in [0, 0.05) is 0 Å². The van der Waals surface area contributed by atoms with E-state index < -0.39 is 0 Å². The molecule has 0 aromatic heterocycles. The van der Waals surface area contributed by atoms with E-state index in [1.807, 2.05) is 17.1 Å². The van der Waals surface area contributed by atoms with Gasteiger partial charge in [-0.25, -0.2) is 0 Å². The Kier molecular flexibility index (Phi) is 3.19. The van der Waals surface area contributed by atoms with Crippen LogP contribution in [0.3, 0.4) is 0 Å². The summed E-state index contributed by atoms with van der Waals surface area (Å²) in [6, 6.07) is 6.97. The molecule has 4 nitrogen and oxygen atoms in total. The quantitative estimate of drug-likeness (QED) is 0.736. The Morgan fingerprint density at radius 1 is 1.20 bits per heavy atom. The van der Waals surface area contributed by atoms with Gasteiger partial charge in [0.05, 0.1) is 32.5 Å². The van der Waals surface area contributed by atoms with Gasteiger partial charge in [-0.3, -0.25) is 5.01 Å². The number of rotatable bonds is 2. The first-order valence-electron chi connectivity index (χ1n) is 5.00. The molecule has 4 heteroatoms. The number of morpholine rings is 1. The molecule has 0 atom stereocenters. The molecule has 0 spiro atoms. The Morgan fingerprint density at radius 3 is 2.53 bits per heavy atom. The van der Waals surface area contributed by atoms with E-state index in [4.69, 9.17) is 9.84 Å². The van der Waals surface area contributed by atoms with Crippen LogP contribution in [0.25, 0.3) is 0 Å². The van der Waals surface area contributed by atoms with Gasteiger partial charge in [0.15, 0.2) is 0 Å². The maximum Gasteiger partial charge on any atom is 0.115 e. The molecule has 0 aliphatic carbocycles. The molecule has 0 bridgehead atoms. The van der Waals surface area contributed by atoms with Crippen LogP contribution in [0.5, 0.6) is 5.75 Å². The van der Waals surface area contributed by atoms with Crippen molar-refractivity contribution >= 4 is 6.21 Å². The van der Waals surface area contributed by atoms with Crippen molar-refractivity contribution in [1.82, 2.24) is 5.01 Å². The van der Waals surface area contributed by atoms with Gasteiger partial charge >= 0.3 is 0 Å². The lowest BCUT2D eigenvalue weighted by Gasteiger charge is -2.23. The Bertz CT molecular complexity index is 329. The molecule has 15 heavy (non-hydrogen) atoms. The van der Waals surface area contributed by atoms with Crippen LogP contribution in [0.4, 0.5) is 0 Å². The molecule has 1 fully saturated rings. The molecule has 0 amide bonds. The Hall–Kier alpha value is -1.55. The molecule has 2 rings (SSSR count). The van der Waals surface area contributed by atoms with E-state index in [0.29, 0.717) is 0 Å². The summed E-state index contributed by atoms with van der Waals surface area (Å²) in [5, 5.41) is 15.4. The first kappa shape index (κ1) is 9.98. The number of ether oxygens (including phenoxy) is 1. The molecule has 0 radical (unpaired) electrons. The highest BCUT2D eigenvalue weighted by Gasteiger charge is 2.05. The highest BCUT2D eigenvalue weighted by Crippen LogP contribution is 2.08. The van der Waals surface area contributed by atoms with Crippen molar-refractivity contribution in [2.45, 2.75) is 0 Å². The second kappa shape index (κ2) is 4.79. The number of hydrogen-bond donors (Lipinski definition) is 1. The fraction of sp³-hybridized carbons (Fsp3) is 0.364. The zero-order valence-electron chi connectivity index (χ0n) is 8.47. The molecule has 1 aliphatic rings. The highest BCUT2D eigenvalue weighted by molar-refractivity contribution is 5.79. The number of hydrazone groups is 1. The lowest BCUT2D eigenvalue weighted by molar-refractivity contribution is 0.0397. The van der Waals surface area contributed by atoms with Gasteiger partial charge in [0.2, 0.25) is 0 Å². The highest BCUT2D eigenvalue weighted by atomic mass is 16.5. The van der Waals surface area contributed by atoms with Crippen molar-refractivity contribution in [2.75, 3.05) is 26.3 Å². The van der Waals surface area contributed by atoms with Gasteiger partial charge in [0.25, 0.3) is 0 Å². The van der Waals surface area contributed by atoms with Crippen LogP contribution < -0.4 is 0 Å². The minimum absolute atomic E-state index is 0.276. The fourth-order valence-electron chi connectivity index (χ4n) is 1.38. The summed E-state index contributed by atoms with van der Waals surface area (Å²) in [7, 11) is 0. The van der Waals surface area contributed by atoms with E-state index in [9.17, 15) is 0 Å². The van der Waals surface area contributed by atoms with Gasteiger partial charge < -0.3 is 9.84 Å². The van der Waals surface area contributed by atoms with E-state index in [1.54, 1.807) is 18.3 Å². The van der Waals surface area contributed by atoms with Gasteiger partial charge in [-0.05, 0) is 29.8 Å². The van der Waals surface area contributed by atoms with Gasteiger partial charge in [0.1, 0.15) is 5.75 Å². The standard InChI is InChI=1S/C11H14N2O2/c14-11-3-1-10(2-4-11)9-12-13-5-7-15-8-6-13/h1-4,9,14H,5-8H2/b12-9+. The third-order valence-corrected chi connectivity index (χ3v) is 2.25. The van der Waals surface area contributed by atoms with Gasteiger partial charge in [-0.1, -0.05) is 0 Å². The molecule has 1 aromatic rings. The van der Waals surface area contributed by atoms with E-state index >= 15 is 0 Å². The summed E-state index contributed by atoms with van der Waals surface area (Å²) in [6.07, 6.45) is 1.80. The average Bonchev–Trinajstić information content (AvgIpc) is 2.30. The SMILES string of the molecule is Oc1ccc(/C=N/N2CCOCC2)cc1. The van der Waals surface area contributed by atoms with Crippen LogP contribution in [-0.2, 0) is 4.74 Å². The van der Waals surface area contributed by atoms with Crippen LogP contribution in [0.2, 0.25) is 0 Å². The predicted octanol–water partition coefficient (Wildman–Crippen LogP) is 1.06. The molecular formula is C11H14N2O2. The van der Waals surface area contributed by atoms with Crippen molar-refractivity contribution in [3.05, 3.63) is 29.8 Å². The lowest BCUT2D eigenvalue weighted by atomic mass is 10.2. The summed E-state index contributed by atoms with van der Waals surface area (Å²) in [5.41, 5.74) is 0.985. The molecule has 1 heterocycles. The maximum atomic E-state index is 9.10. The molecular weight excluding hydrogens is 192 g/mol. The van der Waals surface area contributed by atoms with E-state index in [2.05, 4.69) is 5.10 Å². The number of aromatic hydroxyl groups is 1. The number of nitrogens with zero attached hydrogens (tertiary/aromatic N) is 2. The zero-order valence-corrected chi connectivity index (χ0v) is 8.47. The van der Waals surface area contributed by atoms with Crippen LogP contribution in [0, 0.1) is 0 Å². The van der Waals surface area contributed by atoms with Crippen molar-refractivity contribution in [2.24, 2.45) is 5.10 Å². The second-order valence-electron chi connectivity index (χ2n) is 3.40. The van der Waals surface area contributed by atoms with E-state index in [0.717, 1.165) is 31.9 Å². The minimum atomic E-state index is 0.276. The molecule has 0 unspecified atom stereocenters. The van der Waals surface area contributed by atoms with Crippen molar-refractivity contribution in [1.29, 1.82) is 0 Å². The Labute approximate surface area is 88.8 Å². The van der Waals surface area contributed by atoms with Crippen molar-refractivity contribution < 1.29 is 9.84 Å². The summed E-state index contributed by atoms with van der Waals surface area (Å²) in [6.45, 7) is 3.17. The number of phenolic OH excluding ortho intramolecular Hbond substituents is 1. The number of hydrogen-bond acceptors (Lipinski definition) is 4. The predicted molar refractivity (Wildman–Crippen MR) is 58.1 cm³/mol. The lowest BCUT2D eigenvalue weighted by Crippen LogP contribution is -2.32. The number of phenols is 1. The monoisotopic (exact) mass is 206 g/mol. The van der Waals surface area contributed by atoms with Crippen LogP contribution in [0.1, 0.15) is 5.56 Å². The molecule has 1 aromatic carbocycles. The molecule has 1 aliphatic heterocycles. The maximum absolute atomic E-state index is 9.10. The van der Waals surface area contributed by atoms with Crippen LogP contribution in [0.15, 0.2) is 29.4 Å². The van der Waals surface area contributed by atoms with E-state index in [1.165, 1.54) is 0 Å². The summed E-state index contributed by atoms with van der Waals surface area (Å²) in [5.74, 6) is 0.276. The topological polar surface area (TPSA) is 45.1 Å². The average molecular weight is 206 g/mol. The smallest absolute Gasteiger partial charge is 0.115 e. The minimum Gasteiger partial charge on any atom is -0.508 e. The normalized spacial score (nSPS) is 17.2. The molecule has 0 saturated carbocycles. The van der Waals surface area contributed by atoms with Gasteiger partial charge in [-0.15, -0.1) is 0 Å². The third-order valence-electron chi connectivity index (χ3n) is 2.25. The van der Waals surface area contributed by atoms with Crippen molar-refractivity contribution in [3.8, 4) is 5.75 Å². The first-order chi connectivity index (χ1) is 7.34. The fourth-order valence-corrected chi connectivity index (χ4v) is 1.38. The Balaban J connectivity index is 1.95. The van der Waals surface area contributed by atoms with Crippen LogP contribution in [-0.4, -0.2) is 42.6 Å². The summed E-state index contributed by atoms with van der Waals surface area (Å²) >= 11 is 0. The Morgan fingerprint density at radius 2 is 1.87 bits per heavy atom. The summed E-state index contributed by atoms with van der Waals surface area (Å²) in [4.78, 5) is 0. The molecule has 80 valence electrons. The first-order valence-corrected chi connectivity index (χ1v) is 5.00. The van der Waals surface area contributed by atoms with Gasteiger partial charge in [-0.2, -0.15) is 5.10 Å². The second-order valence-corrected chi connectivity index (χ2v) is 3.40. The largest absolute Gasteiger partial charge is 0.508 e. The summed E-state index contributed by atoms with van der Waals surface area (Å²) < 4.78 is 5.22. The third kappa shape index (κ3) is 2.95. The van der Waals surface area contributed by atoms with Crippen LogP contribution >= 0.6 is 0 Å². The number of benzene rings is 1. The molecule has 1 N–H and O–H groups in total. The van der Waals surface area contributed by atoms with E-state index in [-0.39, 0.29) is 5.75 Å². The van der Waals surface area contributed by atoms with Crippen molar-refractivity contribution in [3.63, 3.8) is 0 Å². The molecule has 1 saturated heterocycles.